The zero-order valence-corrected chi connectivity index (χ0v) is 13.2. The highest BCUT2D eigenvalue weighted by atomic mass is 16.2. The van der Waals surface area contributed by atoms with Gasteiger partial charge in [0.05, 0.1) is 0 Å². The first kappa shape index (κ1) is 15.6. The Bertz CT molecular complexity index is 655. The van der Waals surface area contributed by atoms with Crippen LogP contribution in [0.1, 0.15) is 37.7 Å². The van der Waals surface area contributed by atoms with Gasteiger partial charge in [0.25, 0.3) is 0 Å². The highest BCUT2D eigenvalue weighted by Gasteiger charge is 2.30. The summed E-state index contributed by atoms with van der Waals surface area (Å²) in [7, 11) is 0. The molecule has 1 amide bonds. The summed E-state index contributed by atoms with van der Waals surface area (Å²) in [5.74, 6) is 1.43. The van der Waals surface area contributed by atoms with Crippen molar-refractivity contribution < 1.29 is 4.79 Å². The van der Waals surface area contributed by atoms with E-state index in [1.54, 1.807) is 12.4 Å². The predicted octanol–water partition coefficient (Wildman–Crippen LogP) is 0.944. The fourth-order valence-electron chi connectivity index (χ4n) is 2.57. The van der Waals surface area contributed by atoms with Crippen molar-refractivity contribution >= 4 is 11.9 Å². The Kier molecular flexibility index (Phi) is 4.63. The highest BCUT2D eigenvalue weighted by molar-refractivity contribution is 5.93. The minimum Gasteiger partial charge on any atom is -0.292 e. The van der Waals surface area contributed by atoms with Gasteiger partial charge in [0.1, 0.15) is 11.9 Å². The van der Waals surface area contributed by atoms with E-state index in [0.29, 0.717) is 18.3 Å². The standard InChI is InChI=1S/C15H21N7O/c1-9(2)7-13-17-15(22-21-13)18-14(23)12-8-11(19-20-12)10-3-5-16-6-4-10/h3-6,9,11-12,19-20H,7-8H2,1-2H3,(H2,17,18,21,22,23). The van der Waals surface area contributed by atoms with E-state index < -0.39 is 0 Å². The molecular formula is C15H21N7O. The molecule has 1 saturated heterocycles. The Morgan fingerprint density at radius 2 is 2.13 bits per heavy atom. The lowest BCUT2D eigenvalue weighted by atomic mass is 10.0. The number of anilines is 1. The summed E-state index contributed by atoms with van der Waals surface area (Å²) in [6, 6.07) is 3.62. The van der Waals surface area contributed by atoms with Crippen molar-refractivity contribution in [1.82, 2.24) is 31.0 Å². The number of hydrazine groups is 1. The normalized spacial score (nSPS) is 20.8. The molecule has 1 aliphatic rings. The summed E-state index contributed by atoms with van der Waals surface area (Å²) in [4.78, 5) is 20.6. The van der Waals surface area contributed by atoms with Crippen LogP contribution >= 0.6 is 0 Å². The van der Waals surface area contributed by atoms with E-state index in [0.717, 1.165) is 17.8 Å². The number of rotatable bonds is 5. The van der Waals surface area contributed by atoms with Gasteiger partial charge in [-0.2, -0.15) is 4.98 Å². The van der Waals surface area contributed by atoms with Crippen molar-refractivity contribution in [2.45, 2.75) is 38.8 Å². The van der Waals surface area contributed by atoms with E-state index in [-0.39, 0.29) is 18.0 Å². The third kappa shape index (κ3) is 3.91. The molecule has 0 radical (unpaired) electrons. The first-order valence-electron chi connectivity index (χ1n) is 7.75. The molecule has 3 heterocycles. The summed E-state index contributed by atoms with van der Waals surface area (Å²) in [6.45, 7) is 4.21. The van der Waals surface area contributed by atoms with Crippen LogP contribution in [0.5, 0.6) is 0 Å². The second-order valence-corrected chi connectivity index (χ2v) is 6.10. The van der Waals surface area contributed by atoms with Gasteiger partial charge in [-0.25, -0.2) is 10.9 Å². The molecule has 0 spiro atoms. The number of H-pyrrole nitrogens is 1. The minimum atomic E-state index is -0.333. The molecule has 8 heteroatoms. The molecule has 1 aliphatic heterocycles. The van der Waals surface area contributed by atoms with E-state index in [1.165, 1.54) is 0 Å². The van der Waals surface area contributed by atoms with Crippen molar-refractivity contribution in [1.29, 1.82) is 0 Å². The fourth-order valence-corrected chi connectivity index (χ4v) is 2.57. The fraction of sp³-hybridized carbons (Fsp3) is 0.467. The quantitative estimate of drug-likeness (QED) is 0.654. The van der Waals surface area contributed by atoms with Crippen LogP contribution in [-0.4, -0.2) is 32.1 Å². The third-order valence-electron chi connectivity index (χ3n) is 3.70. The maximum Gasteiger partial charge on any atom is 0.248 e. The predicted molar refractivity (Wildman–Crippen MR) is 85.2 cm³/mol. The molecule has 1 fully saturated rings. The van der Waals surface area contributed by atoms with Crippen molar-refractivity contribution in [2.75, 3.05) is 5.32 Å². The van der Waals surface area contributed by atoms with Gasteiger partial charge in [0, 0.05) is 24.9 Å². The lowest BCUT2D eigenvalue weighted by Crippen LogP contribution is -2.39. The molecule has 0 aliphatic carbocycles. The van der Waals surface area contributed by atoms with Crippen molar-refractivity contribution in [2.24, 2.45) is 5.92 Å². The van der Waals surface area contributed by atoms with Gasteiger partial charge in [0.2, 0.25) is 11.9 Å². The van der Waals surface area contributed by atoms with Crippen LogP contribution in [0.3, 0.4) is 0 Å². The Balaban J connectivity index is 1.56. The zero-order valence-electron chi connectivity index (χ0n) is 13.2. The summed E-state index contributed by atoms with van der Waals surface area (Å²) >= 11 is 0. The summed E-state index contributed by atoms with van der Waals surface area (Å²) in [5.41, 5.74) is 7.25. The van der Waals surface area contributed by atoms with E-state index in [4.69, 9.17) is 0 Å². The molecule has 2 aromatic heterocycles. The average molecular weight is 315 g/mol. The monoisotopic (exact) mass is 315 g/mol. The number of hydrogen-bond donors (Lipinski definition) is 4. The number of aromatic nitrogens is 4. The van der Waals surface area contributed by atoms with Crippen molar-refractivity contribution in [3.05, 3.63) is 35.9 Å². The molecule has 2 unspecified atom stereocenters. The number of pyridine rings is 1. The lowest BCUT2D eigenvalue weighted by Gasteiger charge is -2.08. The first-order valence-corrected chi connectivity index (χ1v) is 7.75. The Morgan fingerprint density at radius 3 is 2.87 bits per heavy atom. The van der Waals surface area contributed by atoms with E-state index >= 15 is 0 Å². The van der Waals surface area contributed by atoms with Gasteiger partial charge in [-0.05, 0) is 30.0 Å². The van der Waals surface area contributed by atoms with Crippen LogP contribution in [0.15, 0.2) is 24.5 Å². The molecule has 23 heavy (non-hydrogen) atoms. The van der Waals surface area contributed by atoms with Crippen molar-refractivity contribution in [3.63, 3.8) is 0 Å². The smallest absolute Gasteiger partial charge is 0.248 e. The summed E-state index contributed by atoms with van der Waals surface area (Å²) in [5, 5.41) is 9.62. The minimum absolute atomic E-state index is 0.0809. The molecular weight excluding hydrogens is 294 g/mol. The number of amides is 1. The van der Waals surface area contributed by atoms with Crippen LogP contribution in [0.4, 0.5) is 5.95 Å². The number of nitrogens with zero attached hydrogens (tertiary/aromatic N) is 3. The molecule has 4 N–H and O–H groups in total. The average Bonchev–Trinajstić information content (AvgIpc) is 3.17. The molecule has 0 saturated carbocycles. The highest BCUT2D eigenvalue weighted by Crippen LogP contribution is 2.21. The molecule has 3 rings (SSSR count). The van der Waals surface area contributed by atoms with Gasteiger partial charge < -0.3 is 0 Å². The number of carbonyl (C=O) groups is 1. The van der Waals surface area contributed by atoms with Gasteiger partial charge in [-0.3, -0.25) is 20.2 Å². The second-order valence-electron chi connectivity index (χ2n) is 6.10. The molecule has 2 atom stereocenters. The van der Waals surface area contributed by atoms with E-state index in [9.17, 15) is 4.79 Å². The largest absolute Gasteiger partial charge is 0.292 e. The molecule has 8 nitrogen and oxygen atoms in total. The van der Waals surface area contributed by atoms with Crippen LogP contribution in [0.25, 0.3) is 0 Å². The number of hydrogen-bond acceptors (Lipinski definition) is 6. The second kappa shape index (κ2) is 6.84. The van der Waals surface area contributed by atoms with Gasteiger partial charge in [-0.15, -0.1) is 5.10 Å². The van der Waals surface area contributed by atoms with E-state index in [2.05, 4.69) is 50.2 Å². The third-order valence-corrected chi connectivity index (χ3v) is 3.70. The lowest BCUT2D eigenvalue weighted by molar-refractivity contribution is -0.117. The number of carbonyl (C=O) groups excluding carboxylic acids is 1. The SMILES string of the molecule is CC(C)Cc1nc(NC(=O)C2CC(c3ccncc3)NN2)n[nH]1. The Morgan fingerprint density at radius 1 is 1.35 bits per heavy atom. The first-order chi connectivity index (χ1) is 11.1. The van der Waals surface area contributed by atoms with Gasteiger partial charge in [-0.1, -0.05) is 13.8 Å². The maximum absolute atomic E-state index is 12.3. The summed E-state index contributed by atoms with van der Waals surface area (Å²) < 4.78 is 0. The summed E-state index contributed by atoms with van der Waals surface area (Å²) in [6.07, 6.45) is 4.94. The van der Waals surface area contributed by atoms with Gasteiger partial charge in [0.15, 0.2) is 0 Å². The van der Waals surface area contributed by atoms with Gasteiger partial charge >= 0.3 is 0 Å². The molecule has 0 aromatic carbocycles. The van der Waals surface area contributed by atoms with Crippen LogP contribution in [0.2, 0.25) is 0 Å². The van der Waals surface area contributed by atoms with E-state index in [1.807, 2.05) is 12.1 Å². The molecule has 122 valence electrons. The topological polar surface area (TPSA) is 108 Å². The van der Waals surface area contributed by atoms with Crippen molar-refractivity contribution in [3.8, 4) is 0 Å². The van der Waals surface area contributed by atoms with Crippen LogP contribution in [0, 0.1) is 5.92 Å². The maximum atomic E-state index is 12.3. The van der Waals surface area contributed by atoms with Crippen LogP contribution < -0.4 is 16.2 Å². The number of aromatic amines is 1. The number of nitrogens with one attached hydrogen (secondary N) is 4. The molecule has 2 aromatic rings. The van der Waals surface area contributed by atoms with Crippen LogP contribution in [-0.2, 0) is 11.2 Å². The zero-order chi connectivity index (χ0) is 16.2. The molecule has 0 bridgehead atoms. The Hall–Kier alpha value is -2.32. The Labute approximate surface area is 134 Å².